The summed E-state index contributed by atoms with van der Waals surface area (Å²) in [5.74, 6) is 0.323. The summed E-state index contributed by atoms with van der Waals surface area (Å²) in [7, 11) is 4.04. The SMILES string of the molecule is Cc1cc(C(CC(=O)NCCCN(C)C)C(C)C)ccc1F. The van der Waals surface area contributed by atoms with Gasteiger partial charge in [0.1, 0.15) is 5.82 Å². The lowest BCUT2D eigenvalue weighted by Crippen LogP contribution is -2.29. The van der Waals surface area contributed by atoms with Gasteiger partial charge in [-0.3, -0.25) is 4.79 Å². The summed E-state index contributed by atoms with van der Waals surface area (Å²) in [4.78, 5) is 14.2. The average Bonchev–Trinajstić information content (AvgIpc) is 2.43. The van der Waals surface area contributed by atoms with Crippen LogP contribution in [-0.4, -0.2) is 38.0 Å². The number of aryl methyl sites for hydroxylation is 1. The predicted molar refractivity (Wildman–Crippen MR) is 89.5 cm³/mol. The molecule has 1 unspecified atom stereocenters. The number of carbonyl (C=O) groups excluding carboxylic acids is 1. The molecule has 4 heteroatoms. The van der Waals surface area contributed by atoms with Gasteiger partial charge >= 0.3 is 0 Å². The molecule has 1 N–H and O–H groups in total. The number of benzene rings is 1. The number of carbonyl (C=O) groups is 1. The van der Waals surface area contributed by atoms with Gasteiger partial charge in [-0.2, -0.15) is 0 Å². The van der Waals surface area contributed by atoms with Crippen LogP contribution in [0.5, 0.6) is 0 Å². The zero-order chi connectivity index (χ0) is 16.7. The predicted octanol–water partition coefficient (Wildman–Crippen LogP) is 3.33. The van der Waals surface area contributed by atoms with Crippen molar-refractivity contribution in [2.75, 3.05) is 27.2 Å². The van der Waals surface area contributed by atoms with E-state index in [1.165, 1.54) is 6.07 Å². The molecule has 0 aliphatic heterocycles. The van der Waals surface area contributed by atoms with Gasteiger partial charge in [-0.1, -0.05) is 26.0 Å². The molecule has 1 aromatic carbocycles. The van der Waals surface area contributed by atoms with Gasteiger partial charge in [0, 0.05) is 13.0 Å². The molecule has 124 valence electrons. The first kappa shape index (κ1) is 18.6. The third kappa shape index (κ3) is 6.14. The molecule has 22 heavy (non-hydrogen) atoms. The highest BCUT2D eigenvalue weighted by Crippen LogP contribution is 2.29. The van der Waals surface area contributed by atoms with Crippen molar-refractivity contribution >= 4 is 5.91 Å². The second-order valence-electron chi connectivity index (χ2n) is 6.57. The van der Waals surface area contributed by atoms with Crippen molar-refractivity contribution in [2.24, 2.45) is 5.92 Å². The van der Waals surface area contributed by atoms with Crippen LogP contribution in [0.1, 0.15) is 43.7 Å². The summed E-state index contributed by atoms with van der Waals surface area (Å²) in [6.45, 7) is 7.62. The second-order valence-corrected chi connectivity index (χ2v) is 6.57. The summed E-state index contributed by atoms with van der Waals surface area (Å²) in [6.07, 6.45) is 1.39. The number of hydrogen-bond donors (Lipinski definition) is 1. The molecule has 0 spiro atoms. The van der Waals surface area contributed by atoms with Crippen LogP contribution >= 0.6 is 0 Å². The molecule has 0 aromatic heterocycles. The number of halogens is 1. The van der Waals surface area contributed by atoms with Crippen LogP contribution in [0.25, 0.3) is 0 Å². The Morgan fingerprint density at radius 3 is 2.55 bits per heavy atom. The van der Waals surface area contributed by atoms with Crippen LogP contribution in [0, 0.1) is 18.7 Å². The smallest absolute Gasteiger partial charge is 0.220 e. The van der Waals surface area contributed by atoms with Gasteiger partial charge in [0.25, 0.3) is 0 Å². The minimum atomic E-state index is -0.195. The normalized spacial score (nSPS) is 12.7. The lowest BCUT2D eigenvalue weighted by atomic mass is 9.85. The van der Waals surface area contributed by atoms with Crippen LogP contribution < -0.4 is 5.32 Å². The molecule has 1 aromatic rings. The molecular weight excluding hydrogens is 279 g/mol. The van der Waals surface area contributed by atoms with Crippen LogP contribution in [0.3, 0.4) is 0 Å². The third-order valence-electron chi connectivity index (χ3n) is 3.92. The van der Waals surface area contributed by atoms with E-state index in [0.717, 1.165) is 18.5 Å². The fraction of sp³-hybridized carbons (Fsp3) is 0.611. The van der Waals surface area contributed by atoms with Crippen molar-refractivity contribution in [3.8, 4) is 0 Å². The van der Waals surface area contributed by atoms with Gasteiger partial charge in [-0.05, 0) is 63.0 Å². The highest BCUT2D eigenvalue weighted by atomic mass is 19.1. The Morgan fingerprint density at radius 1 is 1.32 bits per heavy atom. The summed E-state index contributed by atoms with van der Waals surface area (Å²) in [6, 6.07) is 5.15. The zero-order valence-electron chi connectivity index (χ0n) is 14.4. The molecular formula is C18H29FN2O. The molecule has 1 amide bonds. The molecule has 1 rings (SSSR count). The molecule has 0 saturated carbocycles. The van der Waals surface area contributed by atoms with Gasteiger partial charge in [-0.25, -0.2) is 4.39 Å². The van der Waals surface area contributed by atoms with Crippen molar-refractivity contribution in [3.05, 3.63) is 35.1 Å². The maximum atomic E-state index is 13.4. The highest BCUT2D eigenvalue weighted by Gasteiger charge is 2.20. The van der Waals surface area contributed by atoms with E-state index >= 15 is 0 Å². The second kappa shape index (κ2) is 8.89. The summed E-state index contributed by atoms with van der Waals surface area (Å²) in [5.41, 5.74) is 1.67. The van der Waals surface area contributed by atoms with E-state index in [1.54, 1.807) is 13.0 Å². The minimum Gasteiger partial charge on any atom is -0.356 e. The first-order chi connectivity index (χ1) is 10.3. The zero-order valence-corrected chi connectivity index (χ0v) is 14.4. The van der Waals surface area contributed by atoms with Gasteiger partial charge in [-0.15, -0.1) is 0 Å². The van der Waals surface area contributed by atoms with Gasteiger partial charge in [0.05, 0.1) is 0 Å². The van der Waals surface area contributed by atoms with Crippen molar-refractivity contribution in [1.29, 1.82) is 0 Å². The van der Waals surface area contributed by atoms with Gasteiger partial charge in [0.15, 0.2) is 0 Å². The van der Waals surface area contributed by atoms with E-state index in [-0.39, 0.29) is 17.6 Å². The molecule has 3 nitrogen and oxygen atoms in total. The van der Waals surface area contributed by atoms with Crippen LogP contribution in [0.4, 0.5) is 4.39 Å². The van der Waals surface area contributed by atoms with Crippen LogP contribution in [0.2, 0.25) is 0 Å². The van der Waals surface area contributed by atoms with Crippen molar-refractivity contribution in [2.45, 2.75) is 39.5 Å². The van der Waals surface area contributed by atoms with Gasteiger partial charge in [0.2, 0.25) is 5.91 Å². The Labute approximate surface area is 133 Å². The average molecular weight is 308 g/mol. The van der Waals surface area contributed by atoms with E-state index < -0.39 is 0 Å². The maximum absolute atomic E-state index is 13.4. The van der Waals surface area contributed by atoms with Crippen LogP contribution in [-0.2, 0) is 4.79 Å². The molecule has 0 heterocycles. The first-order valence-electron chi connectivity index (χ1n) is 7.98. The standard InChI is InChI=1S/C18H29FN2O/c1-13(2)16(15-7-8-17(19)14(3)11-15)12-18(22)20-9-6-10-21(4)5/h7-8,11,13,16H,6,9-10,12H2,1-5H3,(H,20,22). The quantitative estimate of drug-likeness (QED) is 0.747. The topological polar surface area (TPSA) is 32.3 Å². The van der Waals surface area contributed by atoms with E-state index in [1.807, 2.05) is 20.2 Å². The summed E-state index contributed by atoms with van der Waals surface area (Å²) < 4.78 is 13.4. The number of nitrogens with zero attached hydrogens (tertiary/aromatic N) is 1. The third-order valence-corrected chi connectivity index (χ3v) is 3.92. The lowest BCUT2D eigenvalue weighted by Gasteiger charge is -2.21. The van der Waals surface area contributed by atoms with E-state index in [4.69, 9.17) is 0 Å². The Hall–Kier alpha value is -1.42. The number of rotatable bonds is 8. The molecule has 0 fully saturated rings. The molecule has 0 saturated heterocycles. The van der Waals surface area contributed by atoms with E-state index in [0.29, 0.717) is 24.4 Å². The molecule has 1 atom stereocenters. The Kier molecular flexibility index (Phi) is 7.52. The molecule has 0 radical (unpaired) electrons. The first-order valence-corrected chi connectivity index (χ1v) is 7.98. The van der Waals surface area contributed by atoms with E-state index in [9.17, 15) is 9.18 Å². The van der Waals surface area contributed by atoms with Crippen molar-refractivity contribution in [3.63, 3.8) is 0 Å². The number of hydrogen-bond acceptors (Lipinski definition) is 2. The molecule has 0 aliphatic carbocycles. The number of nitrogens with one attached hydrogen (secondary N) is 1. The molecule has 0 bridgehead atoms. The van der Waals surface area contributed by atoms with Gasteiger partial charge < -0.3 is 10.2 Å². The summed E-state index contributed by atoms with van der Waals surface area (Å²) in [5, 5.41) is 2.98. The Morgan fingerprint density at radius 2 is 2.00 bits per heavy atom. The van der Waals surface area contributed by atoms with Crippen molar-refractivity contribution in [1.82, 2.24) is 10.2 Å². The number of amides is 1. The Balaban J connectivity index is 2.60. The monoisotopic (exact) mass is 308 g/mol. The minimum absolute atomic E-state index is 0.0689. The maximum Gasteiger partial charge on any atom is 0.220 e. The van der Waals surface area contributed by atoms with E-state index in [2.05, 4.69) is 24.1 Å². The largest absolute Gasteiger partial charge is 0.356 e. The summed E-state index contributed by atoms with van der Waals surface area (Å²) >= 11 is 0. The van der Waals surface area contributed by atoms with Crippen molar-refractivity contribution < 1.29 is 9.18 Å². The fourth-order valence-corrected chi connectivity index (χ4v) is 2.53. The Bertz CT molecular complexity index is 486. The molecule has 0 aliphatic rings. The fourth-order valence-electron chi connectivity index (χ4n) is 2.53. The van der Waals surface area contributed by atoms with Crippen LogP contribution in [0.15, 0.2) is 18.2 Å². The lowest BCUT2D eigenvalue weighted by molar-refractivity contribution is -0.121. The highest BCUT2D eigenvalue weighted by molar-refractivity contribution is 5.76.